The van der Waals surface area contributed by atoms with Gasteiger partial charge in [0, 0.05) is 17.8 Å². The van der Waals surface area contributed by atoms with Gasteiger partial charge < -0.3 is 9.53 Å². The lowest BCUT2D eigenvalue weighted by atomic mass is 9.76. The first-order chi connectivity index (χ1) is 11.1. The molecule has 0 fully saturated rings. The number of aliphatic carboxylic acids is 1. The standard InChI is InChI=1S/C20H36O4Si/c1-11-14(2)17(24-25(9,10)19(4,5)6)15(3)18(23)20(7,8)13-12-16(21)22/h11,15,17H,1-2,12-13H2,3-10H3,(H,21,22)/t15?,17-/m1/s1. The summed E-state index contributed by atoms with van der Waals surface area (Å²) in [6, 6.07) is 0. The van der Waals surface area contributed by atoms with Crippen molar-refractivity contribution in [3.63, 3.8) is 0 Å². The van der Waals surface area contributed by atoms with E-state index in [1.54, 1.807) is 19.9 Å². The second-order valence-electron chi connectivity index (χ2n) is 9.01. The highest BCUT2D eigenvalue weighted by molar-refractivity contribution is 6.74. The molecule has 1 unspecified atom stereocenters. The average Bonchev–Trinajstić information content (AvgIpc) is 2.47. The van der Waals surface area contributed by atoms with Gasteiger partial charge in [-0.15, -0.1) is 0 Å². The monoisotopic (exact) mass is 368 g/mol. The molecule has 5 heteroatoms. The third kappa shape index (κ3) is 6.55. The van der Waals surface area contributed by atoms with Gasteiger partial charge in [0.05, 0.1) is 6.10 Å². The molecule has 0 spiro atoms. The first kappa shape index (κ1) is 23.8. The maximum atomic E-state index is 13.0. The van der Waals surface area contributed by atoms with E-state index >= 15 is 0 Å². The van der Waals surface area contributed by atoms with Crippen molar-refractivity contribution in [2.75, 3.05) is 0 Å². The van der Waals surface area contributed by atoms with Gasteiger partial charge in [-0.05, 0) is 30.1 Å². The Bertz CT molecular complexity index is 526. The Hall–Kier alpha value is -1.20. The molecule has 144 valence electrons. The molecule has 1 N–H and O–H groups in total. The van der Waals surface area contributed by atoms with Crippen LogP contribution >= 0.6 is 0 Å². The number of carboxylic acids is 1. The lowest BCUT2D eigenvalue weighted by Gasteiger charge is -2.42. The van der Waals surface area contributed by atoms with E-state index in [2.05, 4.69) is 47.0 Å². The van der Waals surface area contributed by atoms with E-state index in [1.807, 2.05) is 6.92 Å². The summed E-state index contributed by atoms with van der Waals surface area (Å²) in [5.74, 6) is -1.30. The number of hydrogen-bond acceptors (Lipinski definition) is 3. The first-order valence-electron chi connectivity index (χ1n) is 8.82. The number of rotatable bonds is 10. The highest BCUT2D eigenvalue weighted by Gasteiger charge is 2.43. The van der Waals surface area contributed by atoms with Gasteiger partial charge in [0.2, 0.25) is 0 Å². The van der Waals surface area contributed by atoms with Crippen molar-refractivity contribution in [2.24, 2.45) is 11.3 Å². The Morgan fingerprint density at radius 3 is 2.04 bits per heavy atom. The molecule has 0 aliphatic rings. The van der Waals surface area contributed by atoms with Crippen LogP contribution in [-0.2, 0) is 14.0 Å². The Balaban J connectivity index is 5.54. The summed E-state index contributed by atoms with van der Waals surface area (Å²) >= 11 is 0. The molecule has 0 aromatic heterocycles. The van der Waals surface area contributed by atoms with Crippen LogP contribution in [0.3, 0.4) is 0 Å². The quantitative estimate of drug-likeness (QED) is 0.424. The smallest absolute Gasteiger partial charge is 0.303 e. The first-order valence-corrected chi connectivity index (χ1v) is 11.7. The van der Waals surface area contributed by atoms with Crippen molar-refractivity contribution in [3.05, 3.63) is 24.8 Å². The zero-order valence-electron chi connectivity index (χ0n) is 17.2. The lowest BCUT2D eigenvalue weighted by molar-refractivity contribution is -0.139. The largest absolute Gasteiger partial charge is 0.481 e. The van der Waals surface area contributed by atoms with Gasteiger partial charge in [0.1, 0.15) is 5.78 Å². The fraction of sp³-hybridized carbons (Fsp3) is 0.700. The fourth-order valence-electron chi connectivity index (χ4n) is 2.41. The van der Waals surface area contributed by atoms with Crippen molar-refractivity contribution in [2.45, 2.75) is 78.6 Å². The van der Waals surface area contributed by atoms with Crippen LogP contribution in [0.5, 0.6) is 0 Å². The molecule has 0 aromatic rings. The maximum absolute atomic E-state index is 13.0. The van der Waals surface area contributed by atoms with Gasteiger partial charge in [-0.2, -0.15) is 0 Å². The molecule has 25 heavy (non-hydrogen) atoms. The minimum Gasteiger partial charge on any atom is -0.481 e. The van der Waals surface area contributed by atoms with Gasteiger partial charge in [-0.1, -0.05) is 60.8 Å². The number of hydrogen-bond donors (Lipinski definition) is 1. The number of carbonyl (C=O) groups excluding carboxylic acids is 1. The number of carboxylic acid groups (broad SMARTS) is 1. The molecular formula is C20H36O4Si. The van der Waals surface area contributed by atoms with E-state index < -0.39 is 31.7 Å². The molecule has 0 rings (SSSR count). The van der Waals surface area contributed by atoms with Crippen LogP contribution in [0.1, 0.15) is 54.4 Å². The lowest BCUT2D eigenvalue weighted by Crippen LogP contribution is -2.48. The normalized spacial score (nSPS) is 15.4. The summed E-state index contributed by atoms with van der Waals surface area (Å²) in [6.45, 7) is 24.0. The Labute approximate surface area is 154 Å². The molecule has 4 nitrogen and oxygen atoms in total. The van der Waals surface area contributed by atoms with E-state index in [9.17, 15) is 9.59 Å². The van der Waals surface area contributed by atoms with E-state index in [0.29, 0.717) is 12.0 Å². The van der Waals surface area contributed by atoms with Gasteiger partial charge >= 0.3 is 5.97 Å². The van der Waals surface area contributed by atoms with Crippen LogP contribution in [0, 0.1) is 11.3 Å². The zero-order valence-corrected chi connectivity index (χ0v) is 18.2. The molecule has 0 aliphatic heterocycles. The van der Waals surface area contributed by atoms with Gasteiger partial charge in [-0.25, -0.2) is 0 Å². The second kappa shape index (κ2) is 8.45. The molecule has 0 bridgehead atoms. The molecule has 0 heterocycles. The van der Waals surface area contributed by atoms with Crippen LogP contribution in [0.15, 0.2) is 24.8 Å². The fourth-order valence-corrected chi connectivity index (χ4v) is 3.75. The van der Waals surface area contributed by atoms with Crippen LogP contribution in [-0.4, -0.2) is 31.3 Å². The Morgan fingerprint density at radius 1 is 1.20 bits per heavy atom. The molecule has 0 aliphatic carbocycles. The molecule has 0 saturated carbocycles. The number of Topliss-reactive ketones (excluding diaryl/α,β-unsaturated/α-hetero) is 1. The third-order valence-corrected chi connectivity index (χ3v) is 9.81. The van der Waals surface area contributed by atoms with Crippen LogP contribution < -0.4 is 0 Å². The Kier molecular flexibility index (Phi) is 8.05. The topological polar surface area (TPSA) is 63.6 Å². The van der Waals surface area contributed by atoms with Gasteiger partial charge in [0.25, 0.3) is 0 Å². The molecule has 2 atom stereocenters. The summed E-state index contributed by atoms with van der Waals surface area (Å²) in [4.78, 5) is 23.9. The van der Waals surface area contributed by atoms with E-state index in [1.165, 1.54) is 0 Å². The van der Waals surface area contributed by atoms with Gasteiger partial charge in [-0.3, -0.25) is 9.59 Å². The van der Waals surface area contributed by atoms with Crippen molar-refractivity contribution in [1.29, 1.82) is 0 Å². The van der Waals surface area contributed by atoms with Crippen molar-refractivity contribution in [1.82, 2.24) is 0 Å². The minimum absolute atomic E-state index is 0.000425. The predicted octanol–water partition coefficient (Wildman–Crippen LogP) is 5.22. The minimum atomic E-state index is -2.11. The van der Waals surface area contributed by atoms with Crippen molar-refractivity contribution in [3.8, 4) is 0 Å². The third-order valence-electron chi connectivity index (χ3n) is 5.35. The van der Waals surface area contributed by atoms with Gasteiger partial charge in [0.15, 0.2) is 8.32 Å². The summed E-state index contributed by atoms with van der Waals surface area (Å²) in [5, 5.41) is 8.93. The zero-order chi connectivity index (χ0) is 20.2. The number of ketones is 1. The average molecular weight is 369 g/mol. The SMILES string of the molecule is C=CC(=C)[C@@H](O[Si](C)(C)C(C)(C)C)C(C)C(=O)C(C)(C)CCC(=O)O. The summed E-state index contributed by atoms with van der Waals surface area (Å²) in [7, 11) is -2.11. The van der Waals surface area contributed by atoms with Crippen molar-refractivity contribution >= 4 is 20.1 Å². The summed E-state index contributed by atoms with van der Waals surface area (Å²) in [6.07, 6.45) is 1.49. The van der Waals surface area contributed by atoms with E-state index in [4.69, 9.17) is 9.53 Å². The van der Waals surface area contributed by atoms with Crippen molar-refractivity contribution < 1.29 is 19.1 Å². The van der Waals surface area contributed by atoms with E-state index in [0.717, 1.165) is 0 Å². The van der Waals surface area contributed by atoms with Crippen LogP contribution in [0.25, 0.3) is 0 Å². The second-order valence-corrected chi connectivity index (χ2v) is 13.8. The highest BCUT2D eigenvalue weighted by atomic mass is 28.4. The van der Waals surface area contributed by atoms with Crippen LogP contribution in [0.2, 0.25) is 18.1 Å². The molecular weight excluding hydrogens is 332 g/mol. The highest BCUT2D eigenvalue weighted by Crippen LogP contribution is 2.40. The summed E-state index contributed by atoms with van der Waals surface area (Å²) in [5.41, 5.74) is -0.0337. The predicted molar refractivity (Wildman–Crippen MR) is 106 cm³/mol. The number of carbonyl (C=O) groups is 2. The molecule has 0 saturated heterocycles. The summed E-state index contributed by atoms with van der Waals surface area (Å²) < 4.78 is 6.49. The maximum Gasteiger partial charge on any atom is 0.303 e. The molecule has 0 aromatic carbocycles. The van der Waals surface area contributed by atoms with Crippen LogP contribution in [0.4, 0.5) is 0 Å². The molecule has 0 amide bonds. The Morgan fingerprint density at radius 2 is 1.68 bits per heavy atom. The molecule has 0 radical (unpaired) electrons. The van der Waals surface area contributed by atoms with E-state index in [-0.39, 0.29) is 17.2 Å².